The number of nitrogens with one attached hydrogen (secondary N) is 2. The molecule has 0 bridgehead atoms. The molecule has 0 unspecified atom stereocenters. The van der Waals surface area contributed by atoms with Crippen LogP contribution in [0.15, 0.2) is 88.4 Å². The van der Waals surface area contributed by atoms with E-state index in [9.17, 15) is 18.3 Å². The maximum Gasteiger partial charge on any atom is 0.240 e. The lowest BCUT2D eigenvalue weighted by molar-refractivity contribution is -0.118. The summed E-state index contributed by atoms with van der Waals surface area (Å²) in [7, 11) is -3.76. The molecule has 0 saturated heterocycles. The van der Waals surface area contributed by atoms with E-state index in [-0.39, 0.29) is 23.3 Å². The molecule has 1 heterocycles. The van der Waals surface area contributed by atoms with E-state index in [0.29, 0.717) is 5.69 Å². The fourth-order valence-corrected chi connectivity index (χ4v) is 5.91. The number of rotatable bonds is 9. The van der Waals surface area contributed by atoms with Crippen molar-refractivity contribution >= 4 is 32.6 Å². The monoisotopic (exact) mass is 518 g/mol. The van der Waals surface area contributed by atoms with Gasteiger partial charge in [-0.15, -0.1) is 0 Å². The molecule has 5 rings (SSSR count). The van der Waals surface area contributed by atoms with Gasteiger partial charge >= 0.3 is 0 Å². The Balaban J connectivity index is 1.32. The van der Waals surface area contributed by atoms with Crippen molar-refractivity contribution in [3.63, 3.8) is 0 Å². The molecule has 0 aliphatic heterocycles. The lowest BCUT2D eigenvalue weighted by Gasteiger charge is -2.20. The maximum absolute atomic E-state index is 13.3. The summed E-state index contributed by atoms with van der Waals surface area (Å²) >= 11 is 0. The largest absolute Gasteiger partial charge is 0.464 e. The van der Waals surface area contributed by atoms with Gasteiger partial charge in [0.2, 0.25) is 15.9 Å². The van der Waals surface area contributed by atoms with Gasteiger partial charge in [0.15, 0.2) is 0 Å². The standard InChI is InChI=1S/C29H30N2O5S/c1-19(2)26(18-32)31-37(34,35)25-10-7-20(8-11-25)22-4-3-5-24(16-22)30-28(33)29(13-14-29)23-9-6-21-12-15-36-27(21)17-23/h3-12,15-17,19,26,31-32H,13-14,18H2,1-2H3,(H,30,33)/t26-/m0/s1. The number of carbonyl (C=O) groups is 1. The van der Waals surface area contributed by atoms with Gasteiger partial charge in [0.1, 0.15) is 5.58 Å². The van der Waals surface area contributed by atoms with Crippen LogP contribution in [0.1, 0.15) is 32.3 Å². The highest BCUT2D eigenvalue weighted by Gasteiger charge is 2.51. The number of furan rings is 1. The van der Waals surface area contributed by atoms with Gasteiger partial charge in [0, 0.05) is 17.1 Å². The van der Waals surface area contributed by atoms with E-state index in [0.717, 1.165) is 40.5 Å². The topological polar surface area (TPSA) is 109 Å². The van der Waals surface area contributed by atoms with Crippen LogP contribution >= 0.6 is 0 Å². The van der Waals surface area contributed by atoms with Gasteiger partial charge < -0.3 is 14.8 Å². The normalized spacial score (nSPS) is 15.6. The van der Waals surface area contributed by atoms with Crippen LogP contribution in [0.2, 0.25) is 0 Å². The van der Waals surface area contributed by atoms with Gasteiger partial charge in [-0.25, -0.2) is 13.1 Å². The van der Waals surface area contributed by atoms with Crippen LogP contribution in [-0.4, -0.2) is 32.1 Å². The zero-order chi connectivity index (χ0) is 26.2. The second-order valence-electron chi connectivity index (χ2n) is 9.97. The molecule has 1 amide bonds. The number of aliphatic hydroxyl groups excluding tert-OH is 1. The van der Waals surface area contributed by atoms with Crippen LogP contribution in [0.3, 0.4) is 0 Å². The average molecular weight is 519 g/mol. The van der Waals surface area contributed by atoms with E-state index < -0.39 is 21.5 Å². The number of fused-ring (bicyclic) bond motifs is 1. The fourth-order valence-electron chi connectivity index (χ4n) is 4.53. The zero-order valence-electron chi connectivity index (χ0n) is 20.8. The summed E-state index contributed by atoms with van der Waals surface area (Å²) in [5.41, 5.74) is 3.52. The van der Waals surface area contributed by atoms with Gasteiger partial charge in [0.25, 0.3) is 0 Å². The second-order valence-corrected chi connectivity index (χ2v) is 11.7. The first-order valence-corrected chi connectivity index (χ1v) is 13.8. The third kappa shape index (κ3) is 5.05. The summed E-state index contributed by atoms with van der Waals surface area (Å²) in [6.07, 6.45) is 3.21. The average Bonchev–Trinajstić information content (AvgIpc) is 3.58. The predicted octanol–water partition coefficient (Wildman–Crippen LogP) is 5.07. The van der Waals surface area contributed by atoms with Gasteiger partial charge in [-0.3, -0.25) is 4.79 Å². The van der Waals surface area contributed by atoms with Crippen LogP contribution in [0.25, 0.3) is 22.1 Å². The zero-order valence-corrected chi connectivity index (χ0v) is 21.6. The highest BCUT2D eigenvalue weighted by molar-refractivity contribution is 7.89. The minimum atomic E-state index is -3.76. The molecule has 192 valence electrons. The number of aliphatic hydroxyl groups is 1. The summed E-state index contributed by atoms with van der Waals surface area (Å²) in [6.45, 7) is 3.42. The molecule has 3 aromatic carbocycles. The van der Waals surface area contributed by atoms with E-state index in [1.165, 1.54) is 0 Å². The Morgan fingerprint density at radius 1 is 1.00 bits per heavy atom. The number of sulfonamides is 1. The van der Waals surface area contributed by atoms with E-state index in [2.05, 4.69) is 10.0 Å². The van der Waals surface area contributed by atoms with Crippen LogP contribution in [0, 0.1) is 5.92 Å². The molecule has 0 radical (unpaired) electrons. The lowest BCUT2D eigenvalue weighted by atomic mass is 9.94. The first-order chi connectivity index (χ1) is 17.7. The number of anilines is 1. The molecule has 7 nitrogen and oxygen atoms in total. The van der Waals surface area contributed by atoms with Crippen molar-refractivity contribution in [2.24, 2.45) is 5.92 Å². The first-order valence-electron chi connectivity index (χ1n) is 12.3. The van der Waals surface area contributed by atoms with Crippen molar-refractivity contribution in [3.05, 3.63) is 84.6 Å². The molecule has 37 heavy (non-hydrogen) atoms. The van der Waals surface area contributed by atoms with Crippen LogP contribution in [0.5, 0.6) is 0 Å². The van der Waals surface area contributed by atoms with E-state index in [4.69, 9.17) is 4.42 Å². The van der Waals surface area contributed by atoms with E-state index >= 15 is 0 Å². The van der Waals surface area contributed by atoms with Gasteiger partial charge in [-0.2, -0.15) is 0 Å². The lowest BCUT2D eigenvalue weighted by Crippen LogP contribution is -2.41. The van der Waals surface area contributed by atoms with Crippen molar-refractivity contribution in [2.75, 3.05) is 11.9 Å². The maximum atomic E-state index is 13.3. The molecule has 1 atom stereocenters. The van der Waals surface area contributed by atoms with E-state index in [1.807, 2.05) is 62.4 Å². The number of hydrogen-bond donors (Lipinski definition) is 3. The Morgan fingerprint density at radius 3 is 2.43 bits per heavy atom. The Bertz CT molecular complexity index is 1540. The summed E-state index contributed by atoms with van der Waals surface area (Å²) in [4.78, 5) is 13.4. The summed E-state index contributed by atoms with van der Waals surface area (Å²) in [5.74, 6) is -0.0912. The fraction of sp³-hybridized carbons (Fsp3) is 0.276. The minimum Gasteiger partial charge on any atom is -0.464 e. The van der Waals surface area contributed by atoms with Crippen molar-refractivity contribution in [1.29, 1.82) is 0 Å². The number of carbonyl (C=O) groups excluding carboxylic acids is 1. The summed E-state index contributed by atoms with van der Waals surface area (Å²) in [5, 5.41) is 13.6. The summed E-state index contributed by atoms with van der Waals surface area (Å²) < 4.78 is 33.5. The predicted molar refractivity (Wildman–Crippen MR) is 144 cm³/mol. The molecule has 8 heteroatoms. The second kappa shape index (κ2) is 9.78. The Labute approximate surface area is 216 Å². The van der Waals surface area contributed by atoms with Crippen molar-refractivity contribution in [1.82, 2.24) is 4.72 Å². The smallest absolute Gasteiger partial charge is 0.240 e. The molecule has 4 aromatic rings. The summed E-state index contributed by atoms with van der Waals surface area (Å²) in [6, 6.07) is 21.3. The molecule has 1 aromatic heterocycles. The number of amides is 1. The Hall–Kier alpha value is -3.46. The highest BCUT2D eigenvalue weighted by atomic mass is 32.2. The van der Waals surface area contributed by atoms with E-state index in [1.54, 1.807) is 30.5 Å². The van der Waals surface area contributed by atoms with Gasteiger partial charge in [-0.1, -0.05) is 50.2 Å². The van der Waals surface area contributed by atoms with Crippen molar-refractivity contribution in [3.8, 4) is 11.1 Å². The van der Waals surface area contributed by atoms with Crippen LogP contribution < -0.4 is 10.0 Å². The Morgan fingerprint density at radius 2 is 1.76 bits per heavy atom. The molecule has 1 aliphatic rings. The minimum absolute atomic E-state index is 0.0418. The number of hydrogen-bond acceptors (Lipinski definition) is 5. The van der Waals surface area contributed by atoms with Crippen molar-refractivity contribution < 1.29 is 22.7 Å². The van der Waals surface area contributed by atoms with Crippen molar-refractivity contribution in [2.45, 2.75) is 43.0 Å². The molecular formula is C29H30N2O5S. The molecule has 1 aliphatic carbocycles. The van der Waals surface area contributed by atoms with Crippen LogP contribution in [0.4, 0.5) is 5.69 Å². The van der Waals surface area contributed by atoms with Gasteiger partial charge in [0.05, 0.1) is 23.2 Å². The quantitative estimate of drug-likeness (QED) is 0.287. The van der Waals surface area contributed by atoms with Crippen LogP contribution in [-0.2, 0) is 20.2 Å². The molecule has 0 spiro atoms. The highest BCUT2D eigenvalue weighted by Crippen LogP contribution is 2.49. The van der Waals surface area contributed by atoms with Gasteiger partial charge in [-0.05, 0) is 71.8 Å². The molecule has 1 fully saturated rings. The SMILES string of the molecule is CC(C)[C@H](CO)NS(=O)(=O)c1ccc(-c2cccc(NC(=O)C3(c4ccc5ccoc5c4)CC3)c2)cc1. The third-order valence-corrected chi connectivity index (χ3v) is 8.63. The molecular weight excluding hydrogens is 488 g/mol. The number of benzene rings is 3. The molecule has 1 saturated carbocycles. The first kappa shape index (κ1) is 25.2. The Kier molecular flexibility index (Phi) is 6.66. The molecule has 3 N–H and O–H groups in total. The third-order valence-electron chi connectivity index (χ3n) is 7.12.